The smallest absolute Gasteiger partial charge is 0.412 e. The standard InChI is InChI=1S/C15H18ClN5O4/c1-15(2,3)25-14(23)18-9-6-10(24-4)8(16)5-7(9)11-12(13(17)22)20-21-19-11/h5-6H,1-4H3,(H2,17,22)(H,18,23)(H,19,20,21). The Morgan fingerprint density at radius 2 is 1.96 bits per heavy atom. The molecule has 0 bridgehead atoms. The Kier molecular flexibility index (Phi) is 5.17. The number of H-pyrrole nitrogens is 1. The van der Waals surface area contributed by atoms with Crippen LogP contribution in [-0.4, -0.2) is 40.1 Å². The van der Waals surface area contributed by atoms with Gasteiger partial charge >= 0.3 is 6.09 Å². The van der Waals surface area contributed by atoms with Gasteiger partial charge in [0.2, 0.25) is 0 Å². The lowest BCUT2D eigenvalue weighted by molar-refractivity contribution is 0.0636. The largest absolute Gasteiger partial charge is 0.495 e. The summed E-state index contributed by atoms with van der Waals surface area (Å²) in [6.45, 7) is 5.20. The SMILES string of the molecule is COc1cc(NC(=O)OC(C)(C)C)c(-c2n[nH]nc2C(N)=O)cc1Cl. The van der Waals surface area contributed by atoms with Crippen LogP contribution in [0.5, 0.6) is 5.75 Å². The highest BCUT2D eigenvalue weighted by Crippen LogP contribution is 2.37. The summed E-state index contributed by atoms with van der Waals surface area (Å²) in [5, 5.41) is 12.8. The fourth-order valence-corrected chi connectivity index (χ4v) is 2.25. The number of rotatable bonds is 4. The third kappa shape index (κ3) is 4.38. The molecule has 0 atom stereocenters. The molecule has 4 N–H and O–H groups in total. The third-order valence-corrected chi connectivity index (χ3v) is 3.26. The first kappa shape index (κ1) is 18.5. The number of amides is 2. The maximum Gasteiger partial charge on any atom is 0.412 e. The molecule has 0 radical (unpaired) electrons. The van der Waals surface area contributed by atoms with Crippen molar-refractivity contribution in [3.8, 4) is 17.0 Å². The molecular weight excluding hydrogens is 350 g/mol. The van der Waals surface area contributed by atoms with Crippen LogP contribution in [0.1, 0.15) is 31.3 Å². The highest BCUT2D eigenvalue weighted by atomic mass is 35.5. The Morgan fingerprint density at radius 3 is 2.52 bits per heavy atom. The van der Waals surface area contributed by atoms with Crippen molar-refractivity contribution in [2.24, 2.45) is 5.73 Å². The summed E-state index contributed by atoms with van der Waals surface area (Å²) in [4.78, 5) is 23.6. The number of nitrogens with one attached hydrogen (secondary N) is 2. The molecule has 0 aliphatic rings. The van der Waals surface area contributed by atoms with E-state index in [4.69, 9.17) is 26.8 Å². The van der Waals surface area contributed by atoms with Crippen molar-refractivity contribution in [2.45, 2.75) is 26.4 Å². The second kappa shape index (κ2) is 6.98. The van der Waals surface area contributed by atoms with Gasteiger partial charge in [0.1, 0.15) is 17.0 Å². The number of halogens is 1. The highest BCUT2D eigenvalue weighted by Gasteiger charge is 2.23. The van der Waals surface area contributed by atoms with Crippen LogP contribution in [0.25, 0.3) is 11.3 Å². The zero-order chi connectivity index (χ0) is 18.8. The Bertz CT molecular complexity index is 813. The maximum absolute atomic E-state index is 12.1. The van der Waals surface area contributed by atoms with Gasteiger partial charge in [0.25, 0.3) is 5.91 Å². The minimum atomic E-state index is -0.779. The van der Waals surface area contributed by atoms with E-state index >= 15 is 0 Å². The van der Waals surface area contributed by atoms with E-state index < -0.39 is 17.6 Å². The summed E-state index contributed by atoms with van der Waals surface area (Å²) in [6.07, 6.45) is -0.692. The number of primary amides is 1. The van der Waals surface area contributed by atoms with Crippen LogP contribution in [0, 0.1) is 0 Å². The highest BCUT2D eigenvalue weighted by molar-refractivity contribution is 6.32. The van der Waals surface area contributed by atoms with Crippen LogP contribution in [0.3, 0.4) is 0 Å². The molecule has 25 heavy (non-hydrogen) atoms. The van der Waals surface area contributed by atoms with E-state index in [0.717, 1.165) is 0 Å². The molecule has 0 saturated carbocycles. The van der Waals surface area contributed by atoms with E-state index in [2.05, 4.69) is 20.7 Å². The van der Waals surface area contributed by atoms with Crippen molar-refractivity contribution in [3.63, 3.8) is 0 Å². The first-order valence-electron chi connectivity index (χ1n) is 7.21. The lowest BCUT2D eigenvalue weighted by atomic mass is 10.1. The fraction of sp³-hybridized carbons (Fsp3) is 0.333. The van der Waals surface area contributed by atoms with Crippen molar-refractivity contribution in [2.75, 3.05) is 12.4 Å². The van der Waals surface area contributed by atoms with Gasteiger partial charge in [0.05, 0.1) is 17.8 Å². The van der Waals surface area contributed by atoms with Gasteiger partial charge in [-0.15, -0.1) is 0 Å². The van der Waals surface area contributed by atoms with Crippen molar-refractivity contribution in [3.05, 3.63) is 22.8 Å². The van der Waals surface area contributed by atoms with Crippen molar-refractivity contribution >= 4 is 29.3 Å². The zero-order valence-electron chi connectivity index (χ0n) is 14.1. The summed E-state index contributed by atoms with van der Waals surface area (Å²) in [5.41, 5.74) is 5.26. The van der Waals surface area contributed by atoms with E-state index in [1.165, 1.54) is 19.2 Å². The molecule has 1 heterocycles. The number of aromatic amines is 1. The lowest BCUT2D eigenvalue weighted by Crippen LogP contribution is -2.27. The van der Waals surface area contributed by atoms with Crippen LogP contribution in [0.2, 0.25) is 5.02 Å². The number of anilines is 1. The van der Waals surface area contributed by atoms with E-state index in [1.54, 1.807) is 20.8 Å². The van der Waals surface area contributed by atoms with Gasteiger partial charge in [0, 0.05) is 11.6 Å². The van der Waals surface area contributed by atoms with Gasteiger partial charge in [-0.1, -0.05) is 11.6 Å². The second-order valence-corrected chi connectivity index (χ2v) is 6.45. The predicted octanol–water partition coefficient (Wildman–Crippen LogP) is 2.58. The van der Waals surface area contributed by atoms with E-state index in [1.807, 2.05) is 0 Å². The number of hydrogen-bond acceptors (Lipinski definition) is 6. The predicted molar refractivity (Wildman–Crippen MR) is 91.8 cm³/mol. The first-order chi connectivity index (χ1) is 11.6. The summed E-state index contributed by atoms with van der Waals surface area (Å²) in [6, 6.07) is 2.97. The van der Waals surface area contributed by atoms with Gasteiger partial charge in [-0.3, -0.25) is 10.1 Å². The van der Waals surface area contributed by atoms with Crippen molar-refractivity contribution < 1.29 is 19.1 Å². The first-order valence-corrected chi connectivity index (χ1v) is 7.58. The Morgan fingerprint density at radius 1 is 1.28 bits per heavy atom. The number of carbonyl (C=O) groups is 2. The topological polar surface area (TPSA) is 132 Å². The van der Waals surface area contributed by atoms with Gasteiger partial charge in [0.15, 0.2) is 5.69 Å². The Balaban J connectivity index is 2.51. The Hall–Kier alpha value is -2.81. The molecule has 2 rings (SSSR count). The monoisotopic (exact) mass is 367 g/mol. The quantitative estimate of drug-likeness (QED) is 0.760. The Labute approximate surface area is 148 Å². The van der Waals surface area contributed by atoms with E-state index in [0.29, 0.717) is 11.3 Å². The van der Waals surface area contributed by atoms with Crippen LogP contribution >= 0.6 is 11.6 Å². The average molecular weight is 368 g/mol. The molecule has 9 nitrogen and oxygen atoms in total. The van der Waals surface area contributed by atoms with Crippen LogP contribution in [0.4, 0.5) is 10.5 Å². The number of ether oxygens (including phenoxy) is 2. The molecule has 2 amide bonds. The van der Waals surface area contributed by atoms with Crippen LogP contribution in [0.15, 0.2) is 12.1 Å². The molecule has 0 aliphatic heterocycles. The fourth-order valence-electron chi connectivity index (χ4n) is 2.01. The van der Waals surface area contributed by atoms with Gasteiger partial charge < -0.3 is 15.2 Å². The number of nitrogens with two attached hydrogens (primary N) is 1. The van der Waals surface area contributed by atoms with E-state index in [-0.39, 0.29) is 22.1 Å². The van der Waals surface area contributed by atoms with E-state index in [9.17, 15) is 9.59 Å². The van der Waals surface area contributed by atoms with Crippen LogP contribution < -0.4 is 15.8 Å². The van der Waals surface area contributed by atoms with Gasteiger partial charge in [-0.2, -0.15) is 15.4 Å². The normalized spacial score (nSPS) is 11.1. The van der Waals surface area contributed by atoms with Crippen LogP contribution in [-0.2, 0) is 4.74 Å². The van der Waals surface area contributed by atoms with Gasteiger partial charge in [-0.25, -0.2) is 4.79 Å². The third-order valence-electron chi connectivity index (χ3n) is 2.96. The molecule has 0 spiro atoms. The number of aromatic nitrogens is 3. The molecule has 0 aliphatic carbocycles. The number of benzene rings is 1. The number of methoxy groups -OCH3 is 1. The van der Waals surface area contributed by atoms with Crippen molar-refractivity contribution in [1.82, 2.24) is 15.4 Å². The summed E-state index contributed by atoms with van der Waals surface area (Å²) >= 11 is 6.15. The van der Waals surface area contributed by atoms with Gasteiger partial charge in [-0.05, 0) is 26.8 Å². The molecule has 134 valence electrons. The number of hydrogen-bond donors (Lipinski definition) is 3. The average Bonchev–Trinajstić information content (AvgIpc) is 2.96. The minimum absolute atomic E-state index is 0.0894. The lowest BCUT2D eigenvalue weighted by Gasteiger charge is -2.20. The molecule has 2 aromatic rings. The molecule has 0 unspecified atom stereocenters. The molecule has 10 heteroatoms. The minimum Gasteiger partial charge on any atom is -0.495 e. The summed E-state index contributed by atoms with van der Waals surface area (Å²) in [5.74, 6) is -0.459. The summed E-state index contributed by atoms with van der Waals surface area (Å²) in [7, 11) is 1.43. The second-order valence-electron chi connectivity index (χ2n) is 6.04. The molecule has 0 fully saturated rings. The molecule has 1 aromatic heterocycles. The molecular formula is C15H18ClN5O4. The molecule has 1 aromatic carbocycles. The zero-order valence-corrected chi connectivity index (χ0v) is 14.9. The number of carbonyl (C=O) groups excluding carboxylic acids is 2. The maximum atomic E-state index is 12.1. The number of nitrogens with zero attached hydrogens (tertiary/aromatic N) is 2. The summed E-state index contributed by atoms with van der Waals surface area (Å²) < 4.78 is 10.4. The van der Waals surface area contributed by atoms with Crippen molar-refractivity contribution in [1.29, 1.82) is 0 Å². The molecule has 0 saturated heterocycles.